The molecule has 2 N–H and O–H groups in total. The number of H-pyrrole nitrogens is 1. The van der Waals surface area contributed by atoms with Crippen LogP contribution < -0.4 is 10.9 Å². The lowest BCUT2D eigenvalue weighted by molar-refractivity contribution is -0.115. The van der Waals surface area contributed by atoms with E-state index in [0.717, 1.165) is 30.5 Å². The number of thioether (sulfide) groups is 1. The average molecular weight is 456 g/mol. The second-order valence-corrected chi connectivity index (χ2v) is 8.78. The number of aromatic nitrogens is 2. The van der Waals surface area contributed by atoms with Crippen molar-refractivity contribution in [2.75, 3.05) is 5.32 Å². The highest BCUT2D eigenvalue weighted by Gasteiger charge is 2.13. The number of hydrogen-bond acceptors (Lipinski definition) is 4. The first-order chi connectivity index (χ1) is 14.9. The lowest BCUT2D eigenvalue weighted by atomic mass is 10.1. The zero-order chi connectivity index (χ0) is 22.2. The van der Waals surface area contributed by atoms with E-state index in [0.29, 0.717) is 27.2 Å². The predicted octanol–water partition coefficient (Wildman–Crippen LogP) is 5.55. The van der Waals surface area contributed by atoms with Crippen LogP contribution in [0.2, 0.25) is 5.02 Å². The largest absolute Gasteiger partial charge is 0.326 e. The Kier molecular flexibility index (Phi) is 8.32. The van der Waals surface area contributed by atoms with E-state index < -0.39 is 0 Å². The Morgan fingerprint density at radius 1 is 1.16 bits per heavy atom. The molecule has 1 heterocycles. The van der Waals surface area contributed by atoms with Gasteiger partial charge in [-0.3, -0.25) is 9.59 Å². The van der Waals surface area contributed by atoms with E-state index >= 15 is 0 Å². The van der Waals surface area contributed by atoms with Gasteiger partial charge in [-0.15, -0.1) is 0 Å². The van der Waals surface area contributed by atoms with Gasteiger partial charge >= 0.3 is 0 Å². The highest BCUT2D eigenvalue weighted by atomic mass is 35.5. The summed E-state index contributed by atoms with van der Waals surface area (Å²) >= 11 is 7.43. The smallest absolute Gasteiger partial charge is 0.255 e. The number of anilines is 1. The van der Waals surface area contributed by atoms with Gasteiger partial charge in [-0.1, -0.05) is 61.0 Å². The molecule has 3 aromatic rings. The van der Waals surface area contributed by atoms with Gasteiger partial charge in [-0.05, 0) is 55.2 Å². The van der Waals surface area contributed by atoms with Crippen LogP contribution in [-0.2, 0) is 23.4 Å². The fraction of sp³-hybridized carbons (Fsp3) is 0.292. The van der Waals surface area contributed by atoms with E-state index in [1.54, 1.807) is 6.92 Å². The van der Waals surface area contributed by atoms with Crippen molar-refractivity contribution in [1.82, 2.24) is 9.97 Å². The van der Waals surface area contributed by atoms with Crippen LogP contribution in [0.25, 0.3) is 0 Å². The predicted molar refractivity (Wildman–Crippen MR) is 128 cm³/mol. The molecule has 5 nitrogen and oxygen atoms in total. The molecule has 0 saturated heterocycles. The van der Waals surface area contributed by atoms with E-state index in [1.165, 1.54) is 17.3 Å². The Bertz CT molecular complexity index is 1100. The van der Waals surface area contributed by atoms with Crippen molar-refractivity contribution >= 4 is 35.0 Å². The third kappa shape index (κ3) is 6.97. The van der Waals surface area contributed by atoms with Gasteiger partial charge in [0.2, 0.25) is 5.91 Å². The Morgan fingerprint density at radius 2 is 1.94 bits per heavy atom. The second-order valence-electron chi connectivity index (χ2n) is 7.38. The van der Waals surface area contributed by atoms with Crippen LogP contribution >= 0.6 is 23.4 Å². The SMILES string of the molecule is CCCCc1ccc(NC(=O)Cc2c(C)nc(SCc3cccc(Cl)c3)[nH]c2=O)cc1. The molecule has 3 rings (SSSR count). The van der Waals surface area contributed by atoms with Gasteiger partial charge in [0.15, 0.2) is 5.16 Å². The molecule has 0 aliphatic carbocycles. The summed E-state index contributed by atoms with van der Waals surface area (Å²) in [6.45, 7) is 3.92. The molecular weight excluding hydrogens is 430 g/mol. The number of carbonyl (C=O) groups excluding carboxylic acids is 1. The van der Waals surface area contributed by atoms with Crippen molar-refractivity contribution in [3.8, 4) is 0 Å². The zero-order valence-electron chi connectivity index (χ0n) is 17.7. The molecule has 7 heteroatoms. The molecule has 0 spiro atoms. The molecule has 0 aliphatic heterocycles. The van der Waals surface area contributed by atoms with Gasteiger partial charge in [0.25, 0.3) is 5.56 Å². The van der Waals surface area contributed by atoms with Crippen molar-refractivity contribution in [2.45, 2.75) is 50.4 Å². The quantitative estimate of drug-likeness (QED) is 0.327. The molecule has 1 amide bonds. The summed E-state index contributed by atoms with van der Waals surface area (Å²) in [4.78, 5) is 32.3. The molecular formula is C24H26ClN3O2S. The number of halogens is 1. The van der Waals surface area contributed by atoms with Crippen LogP contribution in [0.15, 0.2) is 58.5 Å². The first-order valence-corrected chi connectivity index (χ1v) is 11.7. The maximum absolute atomic E-state index is 12.5. The summed E-state index contributed by atoms with van der Waals surface area (Å²) in [5, 5.41) is 4.05. The van der Waals surface area contributed by atoms with Crippen LogP contribution in [-0.4, -0.2) is 15.9 Å². The molecule has 0 fully saturated rings. The lowest BCUT2D eigenvalue weighted by Gasteiger charge is -2.09. The number of nitrogens with zero attached hydrogens (tertiary/aromatic N) is 1. The van der Waals surface area contributed by atoms with Crippen molar-refractivity contribution < 1.29 is 4.79 Å². The van der Waals surface area contributed by atoms with E-state index in [-0.39, 0.29) is 17.9 Å². The molecule has 0 aliphatic rings. The first-order valence-electron chi connectivity index (χ1n) is 10.3. The standard InChI is InChI=1S/C24H26ClN3O2S/c1-3-4-6-17-9-11-20(12-10-17)27-22(29)14-21-16(2)26-24(28-23(21)30)31-15-18-7-5-8-19(25)13-18/h5,7-13H,3-4,6,14-15H2,1-2H3,(H,27,29)(H,26,28,30). The van der Waals surface area contributed by atoms with E-state index in [4.69, 9.17) is 11.6 Å². The van der Waals surface area contributed by atoms with E-state index in [2.05, 4.69) is 22.2 Å². The van der Waals surface area contributed by atoms with Crippen LogP contribution in [0, 0.1) is 6.92 Å². The highest BCUT2D eigenvalue weighted by Crippen LogP contribution is 2.21. The fourth-order valence-electron chi connectivity index (χ4n) is 3.14. The summed E-state index contributed by atoms with van der Waals surface area (Å²) in [5.41, 5.74) is 3.67. The molecule has 162 valence electrons. The monoisotopic (exact) mass is 455 g/mol. The Morgan fingerprint density at radius 3 is 2.61 bits per heavy atom. The van der Waals surface area contributed by atoms with Crippen molar-refractivity contribution in [2.24, 2.45) is 0 Å². The minimum atomic E-state index is -0.286. The minimum absolute atomic E-state index is 0.0228. The van der Waals surface area contributed by atoms with Gasteiger partial charge in [0, 0.05) is 27.7 Å². The fourth-order valence-corrected chi connectivity index (χ4v) is 4.20. The first kappa shape index (κ1) is 23.1. The lowest BCUT2D eigenvalue weighted by Crippen LogP contribution is -2.23. The average Bonchev–Trinajstić information content (AvgIpc) is 2.74. The van der Waals surface area contributed by atoms with Crippen LogP contribution in [0.3, 0.4) is 0 Å². The number of rotatable bonds is 9. The number of hydrogen-bond donors (Lipinski definition) is 2. The number of aromatic amines is 1. The Balaban J connectivity index is 1.60. The normalized spacial score (nSPS) is 10.8. The van der Waals surface area contributed by atoms with Crippen molar-refractivity contribution in [1.29, 1.82) is 0 Å². The van der Waals surface area contributed by atoms with Gasteiger partial charge in [-0.25, -0.2) is 4.98 Å². The minimum Gasteiger partial charge on any atom is -0.326 e. The van der Waals surface area contributed by atoms with Crippen molar-refractivity contribution in [3.63, 3.8) is 0 Å². The van der Waals surface area contributed by atoms with Gasteiger partial charge in [-0.2, -0.15) is 0 Å². The maximum atomic E-state index is 12.5. The molecule has 1 aromatic heterocycles. The number of carbonyl (C=O) groups is 1. The number of aryl methyl sites for hydroxylation is 2. The summed E-state index contributed by atoms with van der Waals surface area (Å²) < 4.78 is 0. The third-order valence-corrected chi connectivity index (χ3v) is 6.04. The molecule has 0 saturated carbocycles. The molecule has 31 heavy (non-hydrogen) atoms. The summed E-state index contributed by atoms with van der Waals surface area (Å²) in [6, 6.07) is 15.4. The van der Waals surface area contributed by atoms with Crippen molar-refractivity contribution in [3.05, 3.63) is 86.3 Å². The van der Waals surface area contributed by atoms with E-state index in [1.807, 2.05) is 48.5 Å². The Hall–Kier alpha value is -2.57. The number of benzene rings is 2. The number of nitrogens with one attached hydrogen (secondary N) is 2. The summed E-state index contributed by atoms with van der Waals surface area (Å²) in [5.74, 6) is 0.396. The summed E-state index contributed by atoms with van der Waals surface area (Å²) in [6.07, 6.45) is 3.31. The maximum Gasteiger partial charge on any atom is 0.255 e. The van der Waals surface area contributed by atoms with Gasteiger partial charge in [0.1, 0.15) is 0 Å². The molecule has 0 bridgehead atoms. The molecule has 2 aromatic carbocycles. The van der Waals surface area contributed by atoms with Crippen LogP contribution in [0.1, 0.15) is 42.1 Å². The zero-order valence-corrected chi connectivity index (χ0v) is 19.3. The molecule has 0 unspecified atom stereocenters. The third-order valence-electron chi connectivity index (χ3n) is 4.86. The van der Waals surface area contributed by atoms with Gasteiger partial charge < -0.3 is 10.3 Å². The molecule has 0 atom stereocenters. The highest BCUT2D eigenvalue weighted by molar-refractivity contribution is 7.98. The van der Waals surface area contributed by atoms with Crippen LogP contribution in [0.5, 0.6) is 0 Å². The number of amides is 1. The summed E-state index contributed by atoms with van der Waals surface area (Å²) in [7, 11) is 0. The number of unbranched alkanes of at least 4 members (excludes halogenated alkanes) is 1. The van der Waals surface area contributed by atoms with E-state index in [9.17, 15) is 9.59 Å². The second kappa shape index (κ2) is 11.2. The molecule has 0 radical (unpaired) electrons. The topological polar surface area (TPSA) is 74.8 Å². The Labute approximate surface area is 191 Å². The van der Waals surface area contributed by atoms with Gasteiger partial charge in [0.05, 0.1) is 6.42 Å². The van der Waals surface area contributed by atoms with Crippen LogP contribution in [0.4, 0.5) is 5.69 Å².